The molecule has 0 aromatic heterocycles. The van der Waals surface area contributed by atoms with Gasteiger partial charge in [0.2, 0.25) is 5.91 Å². The van der Waals surface area contributed by atoms with Crippen LogP contribution in [0.3, 0.4) is 0 Å². The van der Waals surface area contributed by atoms with Crippen molar-refractivity contribution in [1.82, 2.24) is 0 Å². The zero-order chi connectivity index (χ0) is 12.7. The van der Waals surface area contributed by atoms with Gasteiger partial charge < -0.3 is 11.1 Å². The largest absolute Gasteiger partial charge is 0.330 e. The molecule has 0 saturated heterocycles. The predicted molar refractivity (Wildman–Crippen MR) is 62.5 cm³/mol. The molecule has 0 aliphatic carbocycles. The summed E-state index contributed by atoms with van der Waals surface area (Å²) in [7, 11) is 0. The van der Waals surface area contributed by atoms with Gasteiger partial charge >= 0.3 is 0 Å². The number of hydrogen-bond acceptors (Lipinski definition) is 2. The molecule has 17 heavy (non-hydrogen) atoms. The van der Waals surface area contributed by atoms with Crippen LogP contribution in [0.1, 0.15) is 25.7 Å². The van der Waals surface area contributed by atoms with Gasteiger partial charge in [0.1, 0.15) is 11.6 Å². The first-order valence-corrected chi connectivity index (χ1v) is 5.58. The third-order valence-electron chi connectivity index (χ3n) is 2.25. The molecule has 5 heteroatoms. The second kappa shape index (κ2) is 6.96. The lowest BCUT2D eigenvalue weighted by Gasteiger charge is -2.05. The monoisotopic (exact) mass is 242 g/mol. The second-order valence-corrected chi connectivity index (χ2v) is 3.81. The number of carbonyl (C=O) groups is 1. The van der Waals surface area contributed by atoms with Crippen LogP contribution in [0, 0.1) is 11.6 Å². The molecule has 3 N–H and O–H groups in total. The summed E-state index contributed by atoms with van der Waals surface area (Å²) in [6, 6.07) is 2.93. The fraction of sp³-hybridized carbons (Fsp3) is 0.417. The molecular weight excluding hydrogens is 226 g/mol. The highest BCUT2D eigenvalue weighted by molar-refractivity contribution is 5.90. The second-order valence-electron chi connectivity index (χ2n) is 3.81. The van der Waals surface area contributed by atoms with Crippen molar-refractivity contribution in [1.29, 1.82) is 0 Å². The lowest BCUT2D eigenvalue weighted by Crippen LogP contribution is -2.11. The van der Waals surface area contributed by atoms with Crippen LogP contribution in [0.5, 0.6) is 0 Å². The number of amides is 1. The van der Waals surface area contributed by atoms with Crippen molar-refractivity contribution in [3.05, 3.63) is 29.8 Å². The van der Waals surface area contributed by atoms with E-state index in [1.807, 2.05) is 0 Å². The van der Waals surface area contributed by atoms with Crippen LogP contribution in [0.2, 0.25) is 0 Å². The molecule has 1 aromatic carbocycles. The number of halogens is 2. The van der Waals surface area contributed by atoms with Gasteiger partial charge in [-0.3, -0.25) is 4.79 Å². The van der Waals surface area contributed by atoms with Crippen LogP contribution < -0.4 is 11.1 Å². The summed E-state index contributed by atoms with van der Waals surface area (Å²) in [6.45, 7) is 0.608. The molecule has 0 radical (unpaired) electrons. The van der Waals surface area contributed by atoms with Gasteiger partial charge in [-0.05, 0) is 31.5 Å². The van der Waals surface area contributed by atoms with E-state index in [2.05, 4.69) is 5.32 Å². The molecule has 0 atom stereocenters. The highest BCUT2D eigenvalue weighted by atomic mass is 19.1. The van der Waals surface area contributed by atoms with Crippen molar-refractivity contribution in [2.75, 3.05) is 11.9 Å². The van der Waals surface area contributed by atoms with E-state index in [0.29, 0.717) is 13.0 Å². The molecule has 0 unspecified atom stereocenters. The molecule has 3 nitrogen and oxygen atoms in total. The maximum absolute atomic E-state index is 12.8. The van der Waals surface area contributed by atoms with Gasteiger partial charge in [0.15, 0.2) is 0 Å². The Morgan fingerprint density at radius 3 is 2.35 bits per heavy atom. The molecule has 1 aromatic rings. The van der Waals surface area contributed by atoms with Gasteiger partial charge in [-0.1, -0.05) is 6.42 Å². The summed E-state index contributed by atoms with van der Waals surface area (Å²) in [5.41, 5.74) is 5.46. The molecular formula is C12H16F2N2O. The third kappa shape index (κ3) is 5.40. The van der Waals surface area contributed by atoms with Crippen LogP contribution in [-0.4, -0.2) is 12.5 Å². The Morgan fingerprint density at radius 2 is 1.76 bits per heavy atom. The third-order valence-corrected chi connectivity index (χ3v) is 2.25. The van der Waals surface area contributed by atoms with Gasteiger partial charge in [0.05, 0.1) is 0 Å². The summed E-state index contributed by atoms with van der Waals surface area (Å²) >= 11 is 0. The van der Waals surface area contributed by atoms with E-state index < -0.39 is 11.6 Å². The standard InChI is InChI=1S/C12H16F2N2O/c13-9-6-10(14)8-11(7-9)16-12(17)4-2-1-3-5-15/h6-8H,1-5,15H2,(H,16,17). The smallest absolute Gasteiger partial charge is 0.224 e. The molecule has 0 bridgehead atoms. The van der Waals surface area contributed by atoms with Crippen molar-refractivity contribution in [3.63, 3.8) is 0 Å². The number of nitrogens with two attached hydrogens (primary N) is 1. The number of carbonyl (C=O) groups excluding carboxylic acids is 1. The minimum absolute atomic E-state index is 0.145. The molecule has 0 heterocycles. The van der Waals surface area contributed by atoms with Crippen molar-refractivity contribution >= 4 is 11.6 Å². The van der Waals surface area contributed by atoms with Gasteiger partial charge in [-0.25, -0.2) is 8.78 Å². The van der Waals surface area contributed by atoms with Crippen molar-refractivity contribution < 1.29 is 13.6 Å². The lowest BCUT2D eigenvalue weighted by atomic mass is 10.2. The van der Waals surface area contributed by atoms with E-state index in [9.17, 15) is 13.6 Å². The maximum Gasteiger partial charge on any atom is 0.224 e. The minimum atomic E-state index is -0.705. The normalized spacial score (nSPS) is 10.3. The summed E-state index contributed by atoms with van der Waals surface area (Å²) < 4.78 is 25.7. The molecule has 94 valence electrons. The molecule has 1 rings (SSSR count). The average Bonchev–Trinajstić information content (AvgIpc) is 2.23. The van der Waals surface area contributed by atoms with Crippen LogP contribution in [0.4, 0.5) is 14.5 Å². The zero-order valence-electron chi connectivity index (χ0n) is 9.51. The Morgan fingerprint density at radius 1 is 1.12 bits per heavy atom. The number of anilines is 1. The Balaban J connectivity index is 2.39. The first kappa shape index (κ1) is 13.6. The van der Waals surface area contributed by atoms with Gasteiger partial charge in [0.25, 0.3) is 0 Å². The van der Waals surface area contributed by atoms with Crippen LogP contribution in [0.25, 0.3) is 0 Å². The minimum Gasteiger partial charge on any atom is -0.330 e. The quantitative estimate of drug-likeness (QED) is 0.753. The van der Waals surface area contributed by atoms with Crippen molar-refractivity contribution in [2.45, 2.75) is 25.7 Å². The highest BCUT2D eigenvalue weighted by Gasteiger charge is 2.05. The summed E-state index contributed by atoms with van der Waals surface area (Å²) in [4.78, 5) is 11.4. The number of benzene rings is 1. The fourth-order valence-corrected chi connectivity index (χ4v) is 1.46. The maximum atomic E-state index is 12.8. The zero-order valence-corrected chi connectivity index (χ0v) is 9.51. The van der Waals surface area contributed by atoms with E-state index in [-0.39, 0.29) is 11.6 Å². The molecule has 0 fully saturated rings. The fourth-order valence-electron chi connectivity index (χ4n) is 1.46. The molecule has 0 spiro atoms. The lowest BCUT2D eigenvalue weighted by molar-refractivity contribution is -0.116. The van der Waals surface area contributed by atoms with E-state index >= 15 is 0 Å². The van der Waals surface area contributed by atoms with Gasteiger partial charge in [0, 0.05) is 18.2 Å². The Bertz CT molecular complexity index is 363. The van der Waals surface area contributed by atoms with E-state index in [1.165, 1.54) is 0 Å². The highest BCUT2D eigenvalue weighted by Crippen LogP contribution is 2.13. The van der Waals surface area contributed by atoms with Gasteiger partial charge in [-0.2, -0.15) is 0 Å². The summed E-state index contributed by atoms with van der Waals surface area (Å²) in [6.07, 6.45) is 2.81. The number of rotatable bonds is 6. The molecule has 1 amide bonds. The average molecular weight is 242 g/mol. The Hall–Kier alpha value is -1.49. The first-order valence-electron chi connectivity index (χ1n) is 5.58. The van der Waals surface area contributed by atoms with Crippen LogP contribution in [-0.2, 0) is 4.79 Å². The van der Waals surface area contributed by atoms with E-state index in [1.54, 1.807) is 0 Å². The number of unbranched alkanes of at least 4 members (excludes halogenated alkanes) is 2. The molecule has 0 saturated carbocycles. The van der Waals surface area contributed by atoms with Crippen molar-refractivity contribution in [3.8, 4) is 0 Å². The Labute approximate surface area is 99.0 Å². The van der Waals surface area contributed by atoms with Crippen LogP contribution >= 0.6 is 0 Å². The molecule has 0 aliphatic rings. The van der Waals surface area contributed by atoms with Gasteiger partial charge in [-0.15, -0.1) is 0 Å². The van der Waals surface area contributed by atoms with Crippen molar-refractivity contribution in [2.24, 2.45) is 5.73 Å². The first-order chi connectivity index (χ1) is 8.11. The number of hydrogen-bond donors (Lipinski definition) is 2. The summed E-state index contributed by atoms with van der Waals surface area (Å²) in [5, 5.41) is 2.45. The Kier molecular flexibility index (Phi) is 5.56. The van der Waals surface area contributed by atoms with E-state index in [4.69, 9.17) is 5.73 Å². The van der Waals surface area contributed by atoms with Crippen LogP contribution in [0.15, 0.2) is 18.2 Å². The van der Waals surface area contributed by atoms with E-state index in [0.717, 1.165) is 37.5 Å². The predicted octanol–water partition coefficient (Wildman–Crippen LogP) is 2.42. The topological polar surface area (TPSA) is 55.1 Å². The molecule has 0 aliphatic heterocycles. The SMILES string of the molecule is NCCCCCC(=O)Nc1cc(F)cc(F)c1. The summed E-state index contributed by atoms with van der Waals surface area (Å²) in [5.74, 6) is -1.65. The number of nitrogens with one attached hydrogen (secondary N) is 1.